The van der Waals surface area contributed by atoms with Crippen LogP contribution in [-0.4, -0.2) is 26.3 Å². The van der Waals surface area contributed by atoms with E-state index in [4.69, 9.17) is 4.74 Å². The van der Waals surface area contributed by atoms with Gasteiger partial charge >= 0.3 is 51.4 Å². The van der Waals surface area contributed by atoms with Gasteiger partial charge in [-0.25, -0.2) is 0 Å². The van der Waals surface area contributed by atoms with Crippen LogP contribution in [0.15, 0.2) is 0 Å². The minimum absolute atomic E-state index is 0. The maximum atomic E-state index is 4.98. The van der Waals surface area contributed by atoms with E-state index in [1.807, 2.05) is 13.8 Å². The Bertz CT molecular complexity index is 28.5. The van der Waals surface area contributed by atoms with E-state index in [2.05, 4.69) is 5.32 Å². The van der Waals surface area contributed by atoms with Crippen LogP contribution >= 0.6 is 0 Å². The molecule has 1 fully saturated rings. The van der Waals surface area contributed by atoms with Crippen LogP contribution in [-0.2, 0) is 4.74 Å². The molecule has 0 N–H and O–H groups in total. The Balaban J connectivity index is 0. The van der Waals surface area contributed by atoms with Gasteiger partial charge in [-0.15, -0.1) is 13.1 Å². The molecule has 3 heteroatoms. The van der Waals surface area contributed by atoms with Gasteiger partial charge in [-0.3, -0.25) is 0 Å². The van der Waals surface area contributed by atoms with E-state index in [1.54, 1.807) is 0 Å². The smallest absolute Gasteiger partial charge is 0.659 e. The molecule has 1 rings (SSSR count). The Labute approximate surface area is 100 Å². The Morgan fingerprint density at radius 2 is 1.56 bits per heavy atom. The van der Waals surface area contributed by atoms with E-state index in [1.165, 1.54) is 0 Å². The van der Waals surface area contributed by atoms with Crippen molar-refractivity contribution in [2.75, 3.05) is 26.3 Å². The van der Waals surface area contributed by atoms with Gasteiger partial charge in [0, 0.05) is 13.2 Å². The van der Waals surface area contributed by atoms with Crippen LogP contribution in [0.2, 0.25) is 0 Å². The number of morpholine rings is 1. The maximum Gasteiger partial charge on any atom is 1.00 e. The summed E-state index contributed by atoms with van der Waals surface area (Å²) < 4.78 is 4.98. The normalized spacial score (nSPS) is 16.7. The molecule has 2 nitrogen and oxygen atoms in total. The van der Waals surface area contributed by atoms with Crippen LogP contribution in [0.25, 0.3) is 5.32 Å². The second kappa shape index (κ2) is 12.3. The first-order valence-corrected chi connectivity index (χ1v) is 3.21. The molecule has 1 heterocycles. The second-order valence-electron chi connectivity index (χ2n) is 1.28. The van der Waals surface area contributed by atoms with Gasteiger partial charge in [-0.2, -0.15) is 0 Å². The molecule has 0 aromatic carbocycles. The minimum Gasteiger partial charge on any atom is -0.659 e. The van der Waals surface area contributed by atoms with Crippen LogP contribution in [0, 0.1) is 0 Å². The molecule has 1 saturated heterocycles. The third-order valence-corrected chi connectivity index (χ3v) is 0.787. The van der Waals surface area contributed by atoms with E-state index >= 15 is 0 Å². The number of nitrogens with zero attached hydrogens (tertiary/aromatic N) is 1. The van der Waals surface area contributed by atoms with Crippen molar-refractivity contribution in [2.24, 2.45) is 0 Å². The van der Waals surface area contributed by atoms with E-state index in [-0.39, 0.29) is 51.4 Å². The molecule has 0 aliphatic carbocycles. The molecule has 0 amide bonds. The predicted molar refractivity (Wildman–Crippen MR) is 35.3 cm³/mol. The van der Waals surface area contributed by atoms with Gasteiger partial charge in [-0.05, 0) is 0 Å². The van der Waals surface area contributed by atoms with E-state index in [0.717, 1.165) is 26.3 Å². The fourth-order valence-corrected chi connectivity index (χ4v) is 0.472. The number of ether oxygens (including phenoxy) is 1. The molecule has 0 unspecified atom stereocenters. The molecular formula is C6H14KNO. The average molecular weight is 155 g/mol. The van der Waals surface area contributed by atoms with Crippen molar-refractivity contribution >= 4 is 0 Å². The number of rotatable bonds is 0. The van der Waals surface area contributed by atoms with Gasteiger partial charge in [0.2, 0.25) is 0 Å². The summed E-state index contributed by atoms with van der Waals surface area (Å²) in [5.41, 5.74) is 0. The Kier molecular flexibility index (Phi) is 17.9. The number of hydrogen-bond donors (Lipinski definition) is 0. The Hall–Kier alpha value is 1.56. The summed E-state index contributed by atoms with van der Waals surface area (Å²) in [6, 6.07) is 0. The summed E-state index contributed by atoms with van der Waals surface area (Å²) in [6.07, 6.45) is 0. The molecule has 0 bridgehead atoms. The molecule has 1 aliphatic rings. The zero-order valence-corrected chi connectivity index (χ0v) is 9.81. The van der Waals surface area contributed by atoms with Gasteiger partial charge < -0.3 is 10.1 Å². The maximum absolute atomic E-state index is 4.98. The summed E-state index contributed by atoms with van der Waals surface area (Å²) in [5, 5.41) is 4.05. The molecule has 0 aromatic rings. The van der Waals surface area contributed by atoms with Crippen molar-refractivity contribution in [1.82, 2.24) is 0 Å². The monoisotopic (exact) mass is 155 g/mol. The Morgan fingerprint density at radius 3 is 1.67 bits per heavy atom. The first-order valence-electron chi connectivity index (χ1n) is 3.21. The SMILES string of the molecule is C1COCC[N-]1.CC.[K+]. The summed E-state index contributed by atoms with van der Waals surface area (Å²) >= 11 is 0. The minimum atomic E-state index is 0. The van der Waals surface area contributed by atoms with Gasteiger partial charge in [0.05, 0.1) is 0 Å². The third-order valence-electron chi connectivity index (χ3n) is 0.787. The van der Waals surface area contributed by atoms with Crippen LogP contribution < -0.4 is 51.4 Å². The summed E-state index contributed by atoms with van der Waals surface area (Å²) in [5.74, 6) is 0. The van der Waals surface area contributed by atoms with E-state index < -0.39 is 0 Å². The molecule has 50 valence electrons. The first-order chi connectivity index (χ1) is 4.00. The largest absolute Gasteiger partial charge is 1.00 e. The standard InChI is InChI=1S/C4H8NO.C2H6.K/c1-3-6-4-2-5-1;1-2;/h1-4H2;1-2H3;/q-1;;+1. The van der Waals surface area contributed by atoms with E-state index in [0.29, 0.717) is 0 Å². The predicted octanol–water partition coefficient (Wildman–Crippen LogP) is -1.58. The molecular weight excluding hydrogens is 141 g/mol. The van der Waals surface area contributed by atoms with E-state index in [9.17, 15) is 0 Å². The third kappa shape index (κ3) is 9.56. The first kappa shape index (κ1) is 13.2. The quantitative estimate of drug-likeness (QED) is 0.387. The zero-order chi connectivity index (χ0) is 6.24. The average Bonchev–Trinajstić information content (AvgIpc) is 1.96. The summed E-state index contributed by atoms with van der Waals surface area (Å²) in [6.45, 7) is 7.47. The van der Waals surface area contributed by atoms with Gasteiger partial charge in [0.25, 0.3) is 0 Å². The van der Waals surface area contributed by atoms with Gasteiger partial charge in [0.15, 0.2) is 0 Å². The molecule has 9 heavy (non-hydrogen) atoms. The molecule has 0 radical (unpaired) electrons. The van der Waals surface area contributed by atoms with Crippen molar-refractivity contribution in [1.29, 1.82) is 0 Å². The molecule has 0 saturated carbocycles. The molecule has 0 atom stereocenters. The fraction of sp³-hybridized carbons (Fsp3) is 1.00. The molecule has 0 spiro atoms. The van der Waals surface area contributed by atoms with Crippen molar-refractivity contribution < 1.29 is 56.1 Å². The van der Waals surface area contributed by atoms with Gasteiger partial charge in [-0.1, -0.05) is 13.8 Å². The van der Waals surface area contributed by atoms with Gasteiger partial charge in [0.1, 0.15) is 0 Å². The topological polar surface area (TPSA) is 23.3 Å². The summed E-state index contributed by atoms with van der Waals surface area (Å²) in [7, 11) is 0. The molecule has 1 aliphatic heterocycles. The van der Waals surface area contributed by atoms with Crippen LogP contribution in [0.3, 0.4) is 0 Å². The number of hydrogen-bond acceptors (Lipinski definition) is 1. The van der Waals surface area contributed by atoms with Crippen molar-refractivity contribution in [3.63, 3.8) is 0 Å². The van der Waals surface area contributed by atoms with Crippen molar-refractivity contribution in [3.05, 3.63) is 5.32 Å². The van der Waals surface area contributed by atoms with Crippen LogP contribution in [0.1, 0.15) is 13.8 Å². The Morgan fingerprint density at radius 1 is 1.11 bits per heavy atom. The second-order valence-corrected chi connectivity index (χ2v) is 1.28. The fourth-order valence-electron chi connectivity index (χ4n) is 0.472. The van der Waals surface area contributed by atoms with Crippen molar-refractivity contribution in [3.8, 4) is 0 Å². The summed E-state index contributed by atoms with van der Waals surface area (Å²) in [4.78, 5) is 0. The zero-order valence-electron chi connectivity index (χ0n) is 6.68. The van der Waals surface area contributed by atoms with Crippen molar-refractivity contribution in [2.45, 2.75) is 13.8 Å². The molecule has 0 aromatic heterocycles. The van der Waals surface area contributed by atoms with Crippen LogP contribution in [0.4, 0.5) is 0 Å². The van der Waals surface area contributed by atoms with Crippen LogP contribution in [0.5, 0.6) is 0 Å².